The van der Waals surface area contributed by atoms with Crippen molar-refractivity contribution in [3.8, 4) is 51.7 Å². The molecule has 22 nitrogen and oxygen atoms in total. The van der Waals surface area contributed by atoms with Crippen molar-refractivity contribution in [2.45, 2.75) is 108 Å². The van der Waals surface area contributed by atoms with E-state index in [0.717, 1.165) is 83.1 Å². The summed E-state index contributed by atoms with van der Waals surface area (Å²) in [4.78, 5) is 95.5. The number of hydrogen-bond donors (Lipinski definition) is 5. The molecule has 6 N–H and O–H groups in total. The molecule has 8 aromatic carbocycles. The first kappa shape index (κ1) is 82.0. The van der Waals surface area contributed by atoms with Crippen LogP contribution in [0.5, 0.6) is 51.7 Å². The molecule has 2 aromatic heterocycles. The molecule has 24 heteroatoms. The van der Waals surface area contributed by atoms with Gasteiger partial charge in [-0.2, -0.15) is 0 Å². The van der Waals surface area contributed by atoms with Gasteiger partial charge in [0.2, 0.25) is 0 Å². The molecule has 3 aliphatic carbocycles. The summed E-state index contributed by atoms with van der Waals surface area (Å²) in [6.07, 6.45) is 16.5. The number of carbonyl (C=O) groups excluding carboxylic acids is 6. The van der Waals surface area contributed by atoms with Gasteiger partial charge >= 0.3 is 82.3 Å². The number of carbonyl (C=O) groups is 6. The van der Waals surface area contributed by atoms with E-state index in [1.807, 2.05) is 0 Å². The summed E-state index contributed by atoms with van der Waals surface area (Å²) >= 11 is 0. The second-order valence-corrected chi connectivity index (χ2v) is 24.4. The van der Waals surface area contributed by atoms with Gasteiger partial charge in [-0.3, -0.25) is 24.0 Å². The van der Waals surface area contributed by atoms with E-state index in [2.05, 4.69) is 15.5 Å². The standard InChI is InChI=1S/C22H24O6.C22H21O5.C21H18O5.C16H10O5.2Na.H2O/c1-27-21(25)11-7-14-12-15(6-10-19(14)23)22(26)18-9-8-17(13-20(18)24)28-16-4-2-3-5-16;1-26-21(24)12-9-15-5-4-6-16(13-15)22(25)19-11-10-18(14-20(19)23)27-17-7-2-3-8-17;22-18-12-16(25-15-3-1-2-4-15)7-8-17(18)21(24)14-5-9-19-13(11-14)6-10-20(23)26-19;17-11-3-4-12(13(18)8-11)16(20)10-1-5-14-9(7-10)2-6-15(19)21-14;;;/h6,8-10,12-13,16,23-24H,2-5,7,11H2,1H3;4,6,9-14,17,23H,2-3,7-8H2,1H3;5-12,15,22H,1-4H2;1-8,17-18H;;;1H2/q;-1;;;2*+1;/p-2/b;12-9+;;;;;. The Morgan fingerprint density at radius 1 is 0.467 bits per heavy atom. The van der Waals surface area contributed by atoms with Crippen LogP contribution in [0, 0.1) is 6.07 Å². The quantitative estimate of drug-likeness (QED) is 0.0132. The van der Waals surface area contributed by atoms with Crippen LogP contribution < -0.4 is 89.7 Å². The molecule has 3 aliphatic rings. The molecule has 0 aliphatic heterocycles. The van der Waals surface area contributed by atoms with E-state index in [0.29, 0.717) is 72.6 Å². The Labute approximate surface area is 647 Å². The normalized spacial score (nSPS) is 13.2. The van der Waals surface area contributed by atoms with Crippen LogP contribution >= 0.6 is 0 Å². The van der Waals surface area contributed by atoms with Crippen molar-refractivity contribution in [1.82, 2.24) is 0 Å². The maximum atomic E-state index is 12.8. The second-order valence-electron chi connectivity index (χ2n) is 24.4. The molecular weight excluding hydrogens is 1370 g/mol. The molecule has 0 saturated heterocycles. The Hall–Kier alpha value is -10.3. The maximum absolute atomic E-state index is 12.8. The van der Waals surface area contributed by atoms with Gasteiger partial charge in [-0.15, -0.1) is 35.9 Å². The summed E-state index contributed by atoms with van der Waals surface area (Å²) in [5, 5.41) is 63.2. The number of ketones is 4. The average Bonchev–Trinajstić information content (AvgIpc) is 1.11. The first-order chi connectivity index (χ1) is 49.2. The van der Waals surface area contributed by atoms with E-state index < -0.39 is 23.2 Å². The first-order valence-electron chi connectivity index (χ1n) is 33.1. The molecule has 0 spiro atoms. The van der Waals surface area contributed by atoms with Crippen molar-refractivity contribution < 1.29 is 157 Å². The number of phenols is 5. The molecule has 0 atom stereocenters. The van der Waals surface area contributed by atoms with Crippen LogP contribution in [0.2, 0.25) is 0 Å². The van der Waals surface area contributed by atoms with Gasteiger partial charge in [0, 0.05) is 69.8 Å². The third-order valence-corrected chi connectivity index (χ3v) is 17.3. The van der Waals surface area contributed by atoms with Gasteiger partial charge in [-0.1, -0.05) is 11.3 Å². The number of esters is 2. The van der Waals surface area contributed by atoms with Crippen molar-refractivity contribution in [3.05, 3.63) is 258 Å². The molecule has 2 heterocycles. The largest absolute Gasteiger partial charge is 1.00 e. The predicted molar refractivity (Wildman–Crippen MR) is 376 cm³/mol. The summed E-state index contributed by atoms with van der Waals surface area (Å²) < 4.78 is 36.7. The van der Waals surface area contributed by atoms with Crippen LogP contribution in [0.1, 0.15) is 158 Å². The van der Waals surface area contributed by atoms with Crippen LogP contribution in [0.3, 0.4) is 0 Å². The van der Waals surface area contributed by atoms with Gasteiger partial charge in [0.15, 0.2) is 23.1 Å². The summed E-state index contributed by atoms with van der Waals surface area (Å²) in [6, 6.07) is 45.1. The molecule has 532 valence electrons. The smallest absolute Gasteiger partial charge is 0.872 e. The third kappa shape index (κ3) is 22.4. The van der Waals surface area contributed by atoms with Crippen LogP contribution in [0.15, 0.2) is 194 Å². The molecule has 0 unspecified atom stereocenters. The van der Waals surface area contributed by atoms with Crippen molar-refractivity contribution in [2.75, 3.05) is 14.2 Å². The molecule has 0 amide bonds. The monoisotopic (exact) mass is 1440 g/mol. The van der Waals surface area contributed by atoms with E-state index in [-0.39, 0.29) is 176 Å². The van der Waals surface area contributed by atoms with Crippen LogP contribution in [0.4, 0.5) is 0 Å². The molecule has 13 rings (SSSR count). The summed E-state index contributed by atoms with van der Waals surface area (Å²) in [5.41, 5.74) is 2.87. The second kappa shape index (κ2) is 39.0. The van der Waals surface area contributed by atoms with E-state index in [1.165, 1.54) is 105 Å². The summed E-state index contributed by atoms with van der Waals surface area (Å²) in [7, 11) is 2.58. The zero-order chi connectivity index (χ0) is 72.4. The Balaban J connectivity index is 0.000000195. The molecule has 3 saturated carbocycles. The van der Waals surface area contributed by atoms with E-state index >= 15 is 0 Å². The summed E-state index contributed by atoms with van der Waals surface area (Å²) in [5.74, 6) is -1.74. The van der Waals surface area contributed by atoms with Crippen LogP contribution in [0.25, 0.3) is 28.0 Å². The topological polar surface area (TPSA) is 363 Å². The fourth-order valence-corrected chi connectivity index (χ4v) is 11.9. The molecular formula is C81H73Na2O22-. The SMILES string of the molecule is COC(=O)/C=C/c1[c-]ccc(C(=O)c2ccc(OC3CCCC3)cc2[O-])c1.COC(=O)CCc1cc(C(=O)c2ccc(OC3CCCC3)cc2O)ccc1O.O=C(c1ccc2oc(=O)ccc2c1)c1ccc(O)cc1O.O=C(c1ccc2oc(=O)ccc2c1)c1ccc(OC2CCCC2)cc1O.[Na+].[Na+].[OH-]. The number of aryl methyl sites for hydroxylation is 1. The average molecular weight is 1440 g/mol. The fourth-order valence-electron chi connectivity index (χ4n) is 11.9. The molecule has 3 fully saturated rings. The number of hydrogen-bond acceptors (Lipinski definition) is 22. The number of methoxy groups -OCH3 is 2. The fraction of sp³-hybridized carbons (Fsp3) is 0.235. The van der Waals surface area contributed by atoms with Crippen LogP contribution in [-0.4, -0.2) is 98.6 Å². The minimum atomic E-state index is -0.500. The zero-order valence-electron chi connectivity index (χ0n) is 58.2. The zero-order valence-corrected chi connectivity index (χ0v) is 62.2. The number of benzene rings is 8. The van der Waals surface area contributed by atoms with Gasteiger partial charge in [0.25, 0.3) is 0 Å². The van der Waals surface area contributed by atoms with E-state index in [9.17, 15) is 69.0 Å². The van der Waals surface area contributed by atoms with Crippen molar-refractivity contribution >= 4 is 63.1 Å². The summed E-state index contributed by atoms with van der Waals surface area (Å²) in [6.45, 7) is 0. The first-order valence-corrected chi connectivity index (χ1v) is 33.1. The predicted octanol–water partition coefficient (Wildman–Crippen LogP) is 7.37. The number of phenolic OH excluding ortho intramolecular Hbond substituents is 5. The van der Waals surface area contributed by atoms with Gasteiger partial charge in [-0.05, 0) is 216 Å². The van der Waals surface area contributed by atoms with E-state index in [4.69, 9.17) is 23.0 Å². The molecule has 10 aromatic rings. The number of rotatable bonds is 19. The van der Waals surface area contributed by atoms with Crippen molar-refractivity contribution in [2.24, 2.45) is 0 Å². The van der Waals surface area contributed by atoms with Gasteiger partial charge in [0.1, 0.15) is 57.2 Å². The number of fused-ring (bicyclic) bond motifs is 2. The maximum Gasteiger partial charge on any atom is 1.00 e. The minimum Gasteiger partial charge on any atom is -0.872 e. The van der Waals surface area contributed by atoms with Gasteiger partial charge in [-0.25, -0.2) is 14.4 Å². The molecule has 105 heavy (non-hydrogen) atoms. The Bertz CT molecular complexity index is 4900. The molecule has 0 radical (unpaired) electrons. The Morgan fingerprint density at radius 3 is 1.33 bits per heavy atom. The van der Waals surface area contributed by atoms with Gasteiger partial charge in [0.05, 0.1) is 49.2 Å². The number of aromatic hydroxyl groups is 5. The Morgan fingerprint density at radius 2 is 0.886 bits per heavy atom. The van der Waals surface area contributed by atoms with Crippen molar-refractivity contribution in [1.29, 1.82) is 0 Å². The minimum absolute atomic E-state index is 0. The van der Waals surface area contributed by atoms with E-state index in [1.54, 1.807) is 84.9 Å². The number of ether oxygens (including phenoxy) is 5. The Kier molecular flexibility index (Phi) is 30.4. The third-order valence-electron chi connectivity index (χ3n) is 17.3. The van der Waals surface area contributed by atoms with Crippen LogP contribution in [-0.2, 0) is 25.5 Å². The van der Waals surface area contributed by atoms with Crippen molar-refractivity contribution in [3.63, 3.8) is 0 Å². The van der Waals surface area contributed by atoms with Gasteiger partial charge < -0.3 is 68.6 Å². The molecule has 0 bridgehead atoms.